The summed E-state index contributed by atoms with van der Waals surface area (Å²) in [4.78, 5) is 3.94. The third kappa shape index (κ3) is 2.64. The first kappa shape index (κ1) is 13.6. The Kier molecular flexibility index (Phi) is 3.64. The maximum Gasteiger partial charge on any atom is 0.260 e. The molecule has 0 aliphatic heterocycles. The van der Waals surface area contributed by atoms with Crippen LogP contribution in [0.3, 0.4) is 0 Å². The standard InChI is InChI=1S/C9H11F2N5O2S/c10-6(11)5-13-19(17,18)9-8(15-12)14-7-3-1-2-4-16(7)9/h1-4,6,13,15H,5,12H2. The van der Waals surface area contributed by atoms with Crippen molar-refractivity contribution in [2.24, 2.45) is 5.84 Å². The first-order valence-corrected chi connectivity index (χ1v) is 6.65. The second kappa shape index (κ2) is 5.07. The van der Waals surface area contributed by atoms with Crippen molar-refractivity contribution in [3.05, 3.63) is 24.4 Å². The third-order valence-electron chi connectivity index (χ3n) is 2.31. The fraction of sp³-hybridized carbons (Fsp3) is 0.222. The molecule has 19 heavy (non-hydrogen) atoms. The van der Waals surface area contributed by atoms with Gasteiger partial charge in [0.2, 0.25) is 0 Å². The predicted octanol–water partition coefficient (Wildman–Crippen LogP) is 0.163. The van der Waals surface area contributed by atoms with E-state index in [-0.39, 0.29) is 10.8 Å². The van der Waals surface area contributed by atoms with E-state index in [1.54, 1.807) is 22.9 Å². The highest BCUT2D eigenvalue weighted by atomic mass is 32.2. The summed E-state index contributed by atoms with van der Waals surface area (Å²) >= 11 is 0. The summed E-state index contributed by atoms with van der Waals surface area (Å²) in [6.45, 7) is -0.980. The molecule has 2 rings (SSSR count). The van der Waals surface area contributed by atoms with Crippen LogP contribution in [0.5, 0.6) is 0 Å². The van der Waals surface area contributed by atoms with Crippen molar-refractivity contribution >= 4 is 21.5 Å². The lowest BCUT2D eigenvalue weighted by atomic mass is 10.5. The summed E-state index contributed by atoms with van der Waals surface area (Å²) < 4.78 is 51.2. The fourth-order valence-electron chi connectivity index (χ4n) is 1.57. The topological polar surface area (TPSA) is 102 Å². The Morgan fingerprint density at radius 1 is 1.42 bits per heavy atom. The van der Waals surface area contributed by atoms with Crippen molar-refractivity contribution in [3.8, 4) is 0 Å². The molecular formula is C9H11F2N5O2S. The monoisotopic (exact) mass is 291 g/mol. The number of rotatable bonds is 5. The molecule has 4 N–H and O–H groups in total. The Hall–Kier alpha value is -1.78. The van der Waals surface area contributed by atoms with Crippen molar-refractivity contribution in [1.29, 1.82) is 0 Å². The van der Waals surface area contributed by atoms with Crippen LogP contribution in [0.1, 0.15) is 0 Å². The van der Waals surface area contributed by atoms with E-state index < -0.39 is 23.0 Å². The zero-order chi connectivity index (χ0) is 14.0. The number of sulfonamides is 1. The SMILES string of the molecule is NNc1nc2ccccn2c1S(=O)(=O)NCC(F)F. The normalized spacial score (nSPS) is 12.2. The number of aromatic nitrogens is 2. The summed E-state index contributed by atoms with van der Waals surface area (Å²) in [5.74, 6) is 5.08. The van der Waals surface area contributed by atoms with E-state index >= 15 is 0 Å². The Morgan fingerprint density at radius 3 is 2.79 bits per heavy atom. The van der Waals surface area contributed by atoms with E-state index in [2.05, 4.69) is 10.4 Å². The van der Waals surface area contributed by atoms with Crippen LogP contribution in [0.2, 0.25) is 0 Å². The van der Waals surface area contributed by atoms with Gasteiger partial charge in [-0.2, -0.15) is 0 Å². The number of pyridine rings is 1. The van der Waals surface area contributed by atoms with Crippen molar-refractivity contribution in [1.82, 2.24) is 14.1 Å². The lowest BCUT2D eigenvalue weighted by molar-refractivity contribution is 0.153. The highest BCUT2D eigenvalue weighted by molar-refractivity contribution is 7.89. The molecule has 0 radical (unpaired) electrons. The quantitative estimate of drug-likeness (QED) is 0.538. The molecule has 2 aromatic heterocycles. The minimum atomic E-state index is -4.15. The van der Waals surface area contributed by atoms with Gasteiger partial charge in [0.15, 0.2) is 10.8 Å². The molecule has 7 nitrogen and oxygen atoms in total. The van der Waals surface area contributed by atoms with E-state index in [4.69, 9.17) is 5.84 Å². The van der Waals surface area contributed by atoms with Crippen molar-refractivity contribution in [3.63, 3.8) is 0 Å². The average Bonchev–Trinajstić information content (AvgIpc) is 2.75. The number of halogens is 2. The van der Waals surface area contributed by atoms with Crippen molar-refractivity contribution in [2.75, 3.05) is 12.0 Å². The molecule has 0 aromatic carbocycles. The van der Waals surface area contributed by atoms with Crippen molar-refractivity contribution in [2.45, 2.75) is 11.5 Å². The second-order valence-electron chi connectivity index (χ2n) is 3.58. The number of hydrogen-bond donors (Lipinski definition) is 3. The maximum atomic E-state index is 12.1. The first-order valence-electron chi connectivity index (χ1n) is 5.17. The molecule has 0 saturated carbocycles. The van der Waals surface area contributed by atoms with Gasteiger partial charge in [-0.25, -0.2) is 32.7 Å². The number of anilines is 1. The molecule has 0 saturated heterocycles. The van der Waals surface area contributed by atoms with Crippen LogP contribution < -0.4 is 16.0 Å². The van der Waals surface area contributed by atoms with E-state index in [1.165, 1.54) is 10.6 Å². The van der Waals surface area contributed by atoms with Gasteiger partial charge in [-0.15, -0.1) is 0 Å². The maximum absolute atomic E-state index is 12.1. The molecule has 0 spiro atoms. The molecule has 0 aliphatic rings. The van der Waals surface area contributed by atoms with Gasteiger partial charge in [0.05, 0.1) is 6.54 Å². The Bertz CT molecular complexity index is 685. The first-order chi connectivity index (χ1) is 8.95. The lowest BCUT2D eigenvalue weighted by Gasteiger charge is -2.07. The van der Waals surface area contributed by atoms with E-state index in [1.807, 2.05) is 0 Å². The summed E-state index contributed by atoms with van der Waals surface area (Å²) in [5, 5.41) is -0.314. The minimum Gasteiger partial charge on any atom is -0.306 e. The summed E-state index contributed by atoms with van der Waals surface area (Å²) in [6, 6.07) is 4.81. The summed E-state index contributed by atoms with van der Waals surface area (Å²) in [7, 11) is -4.15. The number of nitrogens with two attached hydrogens (primary N) is 1. The zero-order valence-corrected chi connectivity index (χ0v) is 10.4. The van der Waals surface area contributed by atoms with Gasteiger partial charge < -0.3 is 5.43 Å². The van der Waals surface area contributed by atoms with Crippen LogP contribution in [0, 0.1) is 0 Å². The molecule has 2 heterocycles. The van der Waals surface area contributed by atoms with Gasteiger partial charge in [0.25, 0.3) is 16.4 Å². The molecule has 0 fully saturated rings. The molecule has 0 atom stereocenters. The number of nitrogens with zero attached hydrogens (tertiary/aromatic N) is 2. The highest BCUT2D eigenvalue weighted by Gasteiger charge is 2.25. The highest BCUT2D eigenvalue weighted by Crippen LogP contribution is 2.21. The number of nitrogen functional groups attached to an aromatic ring is 1. The van der Waals surface area contributed by atoms with Crippen LogP contribution in [-0.4, -0.2) is 30.8 Å². The Morgan fingerprint density at radius 2 is 2.16 bits per heavy atom. The average molecular weight is 291 g/mol. The van der Waals surface area contributed by atoms with Crippen LogP contribution in [0.25, 0.3) is 5.65 Å². The van der Waals surface area contributed by atoms with E-state index in [0.717, 1.165) is 0 Å². The smallest absolute Gasteiger partial charge is 0.260 e. The molecule has 0 aliphatic carbocycles. The number of fused-ring (bicyclic) bond motifs is 1. The zero-order valence-electron chi connectivity index (χ0n) is 9.55. The predicted molar refractivity (Wildman–Crippen MR) is 64.2 cm³/mol. The number of nitrogens with one attached hydrogen (secondary N) is 2. The molecular weight excluding hydrogens is 280 g/mol. The van der Waals surface area contributed by atoms with Crippen molar-refractivity contribution < 1.29 is 17.2 Å². The molecule has 0 bridgehead atoms. The molecule has 0 unspecified atom stereocenters. The second-order valence-corrected chi connectivity index (χ2v) is 5.26. The number of hydrazine groups is 1. The largest absolute Gasteiger partial charge is 0.306 e. The van der Waals surface area contributed by atoms with Gasteiger partial charge in [-0.1, -0.05) is 6.07 Å². The molecule has 2 aromatic rings. The Balaban J connectivity index is 2.54. The van der Waals surface area contributed by atoms with Crippen LogP contribution >= 0.6 is 0 Å². The summed E-state index contributed by atoms with van der Waals surface area (Å²) in [6.07, 6.45) is -1.34. The fourth-order valence-corrected chi connectivity index (χ4v) is 2.82. The van der Waals surface area contributed by atoms with Gasteiger partial charge in [-0.05, 0) is 12.1 Å². The summed E-state index contributed by atoms with van der Waals surface area (Å²) in [5.41, 5.74) is 2.47. The van der Waals surface area contributed by atoms with Crippen LogP contribution in [0.4, 0.5) is 14.6 Å². The van der Waals surface area contributed by atoms with Gasteiger partial charge in [0.1, 0.15) is 5.65 Å². The van der Waals surface area contributed by atoms with Gasteiger partial charge in [-0.3, -0.25) is 4.40 Å². The van der Waals surface area contributed by atoms with E-state index in [9.17, 15) is 17.2 Å². The molecule has 0 amide bonds. The lowest BCUT2D eigenvalue weighted by Crippen LogP contribution is -2.30. The molecule has 10 heteroatoms. The number of alkyl halides is 2. The van der Waals surface area contributed by atoms with Crippen LogP contribution in [-0.2, 0) is 10.0 Å². The number of imidazole rings is 1. The van der Waals surface area contributed by atoms with Gasteiger partial charge >= 0.3 is 0 Å². The molecule has 104 valence electrons. The van der Waals surface area contributed by atoms with Crippen LogP contribution in [0.15, 0.2) is 29.4 Å². The Labute approximate surface area is 107 Å². The third-order valence-corrected chi connectivity index (χ3v) is 3.75. The number of hydrogen-bond acceptors (Lipinski definition) is 5. The van der Waals surface area contributed by atoms with Gasteiger partial charge in [0, 0.05) is 6.20 Å². The van der Waals surface area contributed by atoms with E-state index in [0.29, 0.717) is 5.65 Å². The minimum absolute atomic E-state index is 0.118.